The number of benzene rings is 1. The number of nitrogens with one attached hydrogen (secondary N) is 1. The van der Waals surface area contributed by atoms with Gasteiger partial charge in [0.2, 0.25) is 0 Å². The fourth-order valence-electron chi connectivity index (χ4n) is 1.75. The molecule has 19 heavy (non-hydrogen) atoms. The summed E-state index contributed by atoms with van der Waals surface area (Å²) in [7, 11) is 0. The molecule has 0 aliphatic heterocycles. The van der Waals surface area contributed by atoms with Crippen LogP contribution >= 0.6 is 0 Å². The molecule has 0 fully saturated rings. The maximum Gasteiger partial charge on any atom is 0.258 e. The van der Waals surface area contributed by atoms with E-state index >= 15 is 0 Å². The first-order valence-corrected chi connectivity index (χ1v) is 6.46. The lowest BCUT2D eigenvalue weighted by molar-refractivity contribution is -0.123. The maximum absolute atomic E-state index is 11.7. The molecule has 0 saturated heterocycles. The average molecular weight is 258 g/mol. The van der Waals surface area contributed by atoms with E-state index in [1.54, 1.807) is 6.20 Å². The number of carbonyl (C=O) groups is 1. The molecule has 1 N–H and O–H groups in total. The number of carbonyl (C=O) groups excluding carboxylic acids is 1. The Balaban J connectivity index is 2.04. The van der Waals surface area contributed by atoms with Gasteiger partial charge in [-0.05, 0) is 25.5 Å². The molecule has 4 nitrogen and oxygen atoms in total. The summed E-state index contributed by atoms with van der Waals surface area (Å²) >= 11 is 0. The van der Waals surface area contributed by atoms with Gasteiger partial charge in [-0.2, -0.15) is 0 Å². The van der Waals surface area contributed by atoms with E-state index in [0.29, 0.717) is 5.75 Å². The van der Waals surface area contributed by atoms with Gasteiger partial charge in [-0.3, -0.25) is 9.78 Å². The van der Waals surface area contributed by atoms with Gasteiger partial charge < -0.3 is 10.1 Å². The average Bonchev–Trinajstić information content (AvgIpc) is 2.44. The van der Waals surface area contributed by atoms with Gasteiger partial charge in [0.05, 0.1) is 0 Å². The molecule has 2 rings (SSSR count). The molecule has 0 aliphatic rings. The number of fused-ring (bicyclic) bond motifs is 1. The minimum atomic E-state index is -0.109. The second-order valence-electron chi connectivity index (χ2n) is 4.50. The summed E-state index contributed by atoms with van der Waals surface area (Å²) in [6, 6.07) is 9.70. The second kappa shape index (κ2) is 6.18. The van der Waals surface area contributed by atoms with Crippen LogP contribution in [-0.4, -0.2) is 23.5 Å². The number of hydrogen-bond acceptors (Lipinski definition) is 3. The lowest BCUT2D eigenvalue weighted by Crippen LogP contribution is -2.35. The molecule has 4 heteroatoms. The van der Waals surface area contributed by atoms with Crippen LogP contribution in [-0.2, 0) is 4.79 Å². The van der Waals surface area contributed by atoms with E-state index in [1.165, 1.54) is 0 Å². The third-order valence-corrected chi connectivity index (χ3v) is 2.97. The molecule has 0 aliphatic carbocycles. The van der Waals surface area contributed by atoms with Crippen molar-refractivity contribution >= 4 is 16.8 Å². The molecule has 2 aromatic rings. The van der Waals surface area contributed by atoms with E-state index in [-0.39, 0.29) is 18.6 Å². The van der Waals surface area contributed by atoms with Crippen molar-refractivity contribution in [3.63, 3.8) is 0 Å². The molecule has 1 aromatic carbocycles. The van der Waals surface area contributed by atoms with Crippen molar-refractivity contribution in [2.45, 2.75) is 26.3 Å². The van der Waals surface area contributed by atoms with Crippen LogP contribution in [0.25, 0.3) is 10.9 Å². The highest BCUT2D eigenvalue weighted by Gasteiger charge is 2.08. The van der Waals surface area contributed by atoms with Crippen LogP contribution in [0.15, 0.2) is 36.5 Å². The maximum atomic E-state index is 11.7. The summed E-state index contributed by atoms with van der Waals surface area (Å²) in [4.78, 5) is 15.9. The summed E-state index contributed by atoms with van der Waals surface area (Å²) in [5, 5.41) is 3.87. The Kier molecular flexibility index (Phi) is 4.34. The topological polar surface area (TPSA) is 51.2 Å². The van der Waals surface area contributed by atoms with Crippen molar-refractivity contribution in [2.24, 2.45) is 0 Å². The van der Waals surface area contributed by atoms with Crippen LogP contribution in [0, 0.1) is 0 Å². The van der Waals surface area contributed by atoms with Crippen molar-refractivity contribution in [1.82, 2.24) is 10.3 Å². The van der Waals surface area contributed by atoms with Crippen molar-refractivity contribution in [3.8, 4) is 5.75 Å². The molecule has 1 heterocycles. The zero-order chi connectivity index (χ0) is 13.7. The van der Waals surface area contributed by atoms with Gasteiger partial charge >= 0.3 is 0 Å². The van der Waals surface area contributed by atoms with E-state index in [1.807, 2.05) is 44.2 Å². The summed E-state index contributed by atoms with van der Waals surface area (Å²) in [6.45, 7) is 4.01. The lowest BCUT2D eigenvalue weighted by Gasteiger charge is -2.12. The molecule has 0 unspecified atom stereocenters. The minimum absolute atomic E-state index is 0.0139. The molecular formula is C15H18N2O2. The van der Waals surface area contributed by atoms with Gasteiger partial charge in [0.25, 0.3) is 5.91 Å². The number of ether oxygens (including phenoxy) is 1. The van der Waals surface area contributed by atoms with E-state index < -0.39 is 0 Å². The Bertz CT molecular complexity index is 564. The highest BCUT2D eigenvalue weighted by atomic mass is 16.5. The molecule has 100 valence electrons. The Morgan fingerprint density at radius 1 is 1.37 bits per heavy atom. The minimum Gasteiger partial charge on any atom is -0.481 e. The summed E-state index contributed by atoms with van der Waals surface area (Å²) in [6.07, 6.45) is 2.62. The number of aromatic nitrogens is 1. The van der Waals surface area contributed by atoms with Gasteiger partial charge in [-0.1, -0.05) is 25.1 Å². The van der Waals surface area contributed by atoms with Crippen molar-refractivity contribution < 1.29 is 9.53 Å². The Morgan fingerprint density at radius 2 is 2.16 bits per heavy atom. The first-order chi connectivity index (χ1) is 9.20. The van der Waals surface area contributed by atoms with Crippen molar-refractivity contribution in [3.05, 3.63) is 36.5 Å². The number of nitrogens with zero attached hydrogens (tertiary/aromatic N) is 1. The number of pyridine rings is 1. The molecule has 0 radical (unpaired) electrons. The number of amides is 1. The molecule has 1 aromatic heterocycles. The van der Waals surface area contributed by atoms with Gasteiger partial charge in [-0.15, -0.1) is 0 Å². The SMILES string of the molecule is CC[C@@H](C)NC(=O)COc1cccc2cccnc12. The third kappa shape index (κ3) is 3.44. The zero-order valence-corrected chi connectivity index (χ0v) is 11.2. The van der Waals surface area contributed by atoms with E-state index in [2.05, 4.69) is 10.3 Å². The van der Waals surface area contributed by atoms with Crippen molar-refractivity contribution in [1.29, 1.82) is 0 Å². The van der Waals surface area contributed by atoms with E-state index in [9.17, 15) is 4.79 Å². The molecule has 0 spiro atoms. The van der Waals surface area contributed by atoms with Crippen LogP contribution < -0.4 is 10.1 Å². The normalized spacial score (nSPS) is 12.1. The third-order valence-electron chi connectivity index (χ3n) is 2.97. The standard InChI is InChI=1S/C15H18N2O2/c1-3-11(2)17-14(18)10-19-13-8-4-6-12-7-5-9-16-15(12)13/h4-9,11H,3,10H2,1-2H3,(H,17,18)/t11-/m1/s1. The summed E-state index contributed by atoms with van der Waals surface area (Å²) in [5.41, 5.74) is 0.779. The Hall–Kier alpha value is -2.10. The van der Waals surface area contributed by atoms with Crippen LogP contribution in [0.3, 0.4) is 0 Å². The Morgan fingerprint density at radius 3 is 2.95 bits per heavy atom. The molecular weight excluding hydrogens is 240 g/mol. The fraction of sp³-hybridized carbons (Fsp3) is 0.333. The van der Waals surface area contributed by atoms with Crippen LogP contribution in [0.4, 0.5) is 0 Å². The molecule has 1 amide bonds. The second-order valence-corrected chi connectivity index (χ2v) is 4.50. The highest BCUT2D eigenvalue weighted by molar-refractivity contribution is 5.85. The first kappa shape index (κ1) is 13.3. The first-order valence-electron chi connectivity index (χ1n) is 6.46. The largest absolute Gasteiger partial charge is 0.481 e. The zero-order valence-electron chi connectivity index (χ0n) is 11.2. The van der Waals surface area contributed by atoms with Gasteiger partial charge in [0, 0.05) is 17.6 Å². The predicted molar refractivity (Wildman–Crippen MR) is 75.1 cm³/mol. The predicted octanol–water partition coefficient (Wildman–Crippen LogP) is 2.53. The quantitative estimate of drug-likeness (QED) is 0.896. The number of rotatable bonds is 5. The molecule has 0 bridgehead atoms. The Labute approximate surface area is 112 Å². The fourth-order valence-corrected chi connectivity index (χ4v) is 1.75. The van der Waals surface area contributed by atoms with Gasteiger partial charge in [0.15, 0.2) is 6.61 Å². The highest BCUT2D eigenvalue weighted by Crippen LogP contribution is 2.22. The molecule has 1 atom stereocenters. The van der Waals surface area contributed by atoms with Crippen molar-refractivity contribution in [2.75, 3.05) is 6.61 Å². The summed E-state index contributed by atoms with van der Waals surface area (Å²) in [5.74, 6) is 0.527. The lowest BCUT2D eigenvalue weighted by atomic mass is 10.2. The van der Waals surface area contributed by atoms with E-state index in [0.717, 1.165) is 17.3 Å². The van der Waals surface area contributed by atoms with E-state index in [4.69, 9.17) is 4.74 Å². The van der Waals surface area contributed by atoms with Gasteiger partial charge in [0.1, 0.15) is 11.3 Å². The number of para-hydroxylation sites is 1. The summed E-state index contributed by atoms with van der Waals surface area (Å²) < 4.78 is 5.55. The smallest absolute Gasteiger partial charge is 0.258 e. The monoisotopic (exact) mass is 258 g/mol. The molecule has 0 saturated carbocycles. The van der Waals surface area contributed by atoms with Gasteiger partial charge in [-0.25, -0.2) is 0 Å². The van der Waals surface area contributed by atoms with Crippen LogP contribution in [0.1, 0.15) is 20.3 Å². The van der Waals surface area contributed by atoms with Crippen LogP contribution in [0.5, 0.6) is 5.75 Å². The number of hydrogen-bond donors (Lipinski definition) is 1. The van der Waals surface area contributed by atoms with Crippen LogP contribution in [0.2, 0.25) is 0 Å².